The van der Waals surface area contributed by atoms with Gasteiger partial charge in [0.25, 0.3) is 5.91 Å². The summed E-state index contributed by atoms with van der Waals surface area (Å²) in [7, 11) is -0.599. The number of amides is 2. The first-order valence-electron chi connectivity index (χ1n) is 15.1. The van der Waals surface area contributed by atoms with Gasteiger partial charge in [0.2, 0.25) is 0 Å². The minimum atomic E-state index is -0.616. The number of carbonyl (C=O) groups is 2. The number of hydrogen-bond acceptors (Lipinski definition) is 7. The Bertz CT molecular complexity index is 1380. The van der Waals surface area contributed by atoms with Crippen LogP contribution in [0.5, 0.6) is 0 Å². The molecule has 2 heterocycles. The van der Waals surface area contributed by atoms with Crippen molar-refractivity contribution in [2.45, 2.75) is 90.5 Å². The monoisotopic (exact) mass is 593 g/mol. The Labute approximate surface area is 253 Å². The van der Waals surface area contributed by atoms with Crippen molar-refractivity contribution in [2.75, 3.05) is 11.9 Å². The van der Waals surface area contributed by atoms with Gasteiger partial charge in [-0.05, 0) is 94.9 Å². The molecular formula is C31H44BN5O6. The highest BCUT2D eigenvalue weighted by molar-refractivity contribution is 6.48. The number of anilines is 1. The molecule has 1 aromatic heterocycles. The van der Waals surface area contributed by atoms with Crippen molar-refractivity contribution in [3.63, 3.8) is 0 Å². The molecule has 3 saturated carbocycles. The summed E-state index contributed by atoms with van der Waals surface area (Å²) in [6, 6.07) is 10.5. The zero-order chi connectivity index (χ0) is 31.2. The summed E-state index contributed by atoms with van der Waals surface area (Å²) in [5, 5.41) is 5.82. The summed E-state index contributed by atoms with van der Waals surface area (Å²) >= 11 is 0. The van der Waals surface area contributed by atoms with E-state index < -0.39 is 30.4 Å². The lowest BCUT2D eigenvalue weighted by molar-refractivity contribution is -0.199. The number of ether oxygens (including phenoxy) is 1. The molecule has 0 spiro atoms. The zero-order valence-electron chi connectivity index (χ0n) is 25.9. The van der Waals surface area contributed by atoms with Gasteiger partial charge >= 0.3 is 13.2 Å². The molecule has 1 aliphatic heterocycles. The number of hydrogen-bond donors (Lipinski definition) is 4. The zero-order valence-corrected chi connectivity index (χ0v) is 25.9. The maximum Gasteiger partial charge on any atom is 0.481 e. The first-order valence-corrected chi connectivity index (χ1v) is 15.1. The molecule has 3 aliphatic carbocycles. The van der Waals surface area contributed by atoms with Gasteiger partial charge in [-0.25, -0.2) is 4.79 Å². The van der Waals surface area contributed by atoms with Gasteiger partial charge < -0.3 is 35.2 Å². The second-order valence-corrected chi connectivity index (χ2v) is 13.7. The molecule has 6 rings (SSSR count). The van der Waals surface area contributed by atoms with E-state index in [1.165, 1.54) is 0 Å². The number of benzene rings is 1. The van der Waals surface area contributed by atoms with Gasteiger partial charge in [0, 0.05) is 17.8 Å². The molecule has 2 bridgehead atoms. The number of rotatable bonds is 9. The highest BCUT2D eigenvalue weighted by Gasteiger charge is 2.68. The fraction of sp³-hybridized carbons (Fsp3) is 0.581. The van der Waals surface area contributed by atoms with Gasteiger partial charge in [0.15, 0.2) is 11.7 Å². The van der Waals surface area contributed by atoms with Crippen LogP contribution in [0.2, 0.25) is 0 Å². The maximum atomic E-state index is 13.5. The normalized spacial score (nSPS) is 26.1. The number of guanidine groups is 1. The quantitative estimate of drug-likeness (QED) is 0.141. The molecule has 43 heavy (non-hydrogen) atoms. The fourth-order valence-corrected chi connectivity index (χ4v) is 6.89. The van der Waals surface area contributed by atoms with Crippen LogP contribution in [0.1, 0.15) is 77.8 Å². The Balaban J connectivity index is 1.28. The molecule has 1 saturated heterocycles. The Kier molecular flexibility index (Phi) is 8.30. The second kappa shape index (κ2) is 11.5. The molecule has 5 atom stereocenters. The highest BCUT2D eigenvalue weighted by atomic mass is 16.7. The molecular weight excluding hydrogens is 549 g/mol. The number of nitrogens with two attached hydrogens (primary N) is 2. The minimum Gasteiger partial charge on any atom is -0.451 e. The standard InChI is InChI=1S/C31H44BN5O6/c1-29(2,3)41-28(39)36-20-10-7-9-18(15-20)21-12-13-22(40-21)26(38)37-25(11-8-14-35-27(33)34)32-42-24-17-19-16-23(30(19,4)5)31(24,6)43-32/h7,9-10,12-13,15,19,23-25H,8,11,14,16-17H2,1-6H3,(H,36,39)(H,37,38)(H4,33,34,35)/t19?,23?,24-,25+,31+/m1/s1. The SMILES string of the molecule is CC(C)(C)OC(=O)Nc1cccc(-c2ccc(C(=O)N[C@@H](CCCN=C(N)N)B3O[C@@H]4CC5CC(C5(C)C)[C@]4(C)O3)o2)c1. The van der Waals surface area contributed by atoms with Crippen molar-refractivity contribution in [2.24, 2.45) is 33.7 Å². The van der Waals surface area contributed by atoms with E-state index in [1.54, 1.807) is 51.1 Å². The van der Waals surface area contributed by atoms with Crippen LogP contribution in [-0.2, 0) is 14.0 Å². The van der Waals surface area contributed by atoms with Crippen molar-refractivity contribution in [1.82, 2.24) is 5.32 Å². The van der Waals surface area contributed by atoms with Crippen LogP contribution in [-0.4, -0.2) is 54.9 Å². The van der Waals surface area contributed by atoms with Crippen molar-refractivity contribution < 1.29 is 28.1 Å². The Morgan fingerprint density at radius 2 is 1.93 bits per heavy atom. The number of aliphatic imine (C=N–C) groups is 1. The topological polar surface area (TPSA) is 163 Å². The fourth-order valence-electron chi connectivity index (χ4n) is 6.89. The molecule has 2 amide bonds. The third-order valence-corrected chi connectivity index (χ3v) is 9.20. The summed E-state index contributed by atoms with van der Waals surface area (Å²) in [5.74, 6) is 0.878. The van der Waals surface area contributed by atoms with E-state index in [0.717, 1.165) is 12.8 Å². The van der Waals surface area contributed by atoms with E-state index in [9.17, 15) is 9.59 Å². The molecule has 4 aliphatic rings. The van der Waals surface area contributed by atoms with E-state index in [4.69, 9.17) is 29.9 Å². The number of nitrogens with one attached hydrogen (secondary N) is 2. The first-order chi connectivity index (χ1) is 20.2. The van der Waals surface area contributed by atoms with Crippen molar-refractivity contribution in [1.29, 1.82) is 0 Å². The lowest BCUT2D eigenvalue weighted by Gasteiger charge is -2.64. The average Bonchev–Trinajstić information content (AvgIpc) is 3.54. The van der Waals surface area contributed by atoms with Gasteiger partial charge in [-0.2, -0.15) is 0 Å². The van der Waals surface area contributed by atoms with Gasteiger partial charge in [-0.1, -0.05) is 26.0 Å². The molecule has 2 aromatic rings. The van der Waals surface area contributed by atoms with Gasteiger partial charge in [-0.15, -0.1) is 0 Å². The van der Waals surface area contributed by atoms with Gasteiger partial charge in [0.05, 0.1) is 17.6 Å². The number of furan rings is 1. The lowest BCUT2D eigenvalue weighted by atomic mass is 9.43. The van der Waals surface area contributed by atoms with E-state index in [0.29, 0.717) is 48.2 Å². The smallest absolute Gasteiger partial charge is 0.451 e. The summed E-state index contributed by atoms with van der Waals surface area (Å²) in [6.07, 6.45) is 2.71. The van der Waals surface area contributed by atoms with Crippen molar-refractivity contribution >= 4 is 30.8 Å². The first kappa shape index (κ1) is 30.9. The van der Waals surface area contributed by atoms with Crippen LogP contribution >= 0.6 is 0 Å². The van der Waals surface area contributed by atoms with Crippen LogP contribution in [0.4, 0.5) is 10.5 Å². The third kappa shape index (κ3) is 6.55. The molecule has 2 unspecified atom stereocenters. The van der Waals surface area contributed by atoms with Gasteiger partial charge in [0.1, 0.15) is 11.4 Å². The molecule has 1 aromatic carbocycles. The highest BCUT2D eigenvalue weighted by Crippen LogP contribution is 2.65. The van der Waals surface area contributed by atoms with Crippen LogP contribution in [0.25, 0.3) is 11.3 Å². The van der Waals surface area contributed by atoms with Crippen LogP contribution in [0.3, 0.4) is 0 Å². The molecule has 0 radical (unpaired) electrons. The number of nitrogens with zero attached hydrogens (tertiary/aromatic N) is 1. The summed E-state index contributed by atoms with van der Waals surface area (Å²) in [6.45, 7) is 12.6. The van der Waals surface area contributed by atoms with Gasteiger partial charge in [-0.3, -0.25) is 15.1 Å². The van der Waals surface area contributed by atoms with E-state index in [1.807, 2.05) is 6.07 Å². The largest absolute Gasteiger partial charge is 0.481 e. The summed E-state index contributed by atoms with van der Waals surface area (Å²) in [5.41, 5.74) is 11.4. The Morgan fingerprint density at radius 1 is 1.16 bits per heavy atom. The summed E-state index contributed by atoms with van der Waals surface area (Å²) < 4.78 is 24.5. The predicted molar refractivity (Wildman–Crippen MR) is 165 cm³/mol. The van der Waals surface area contributed by atoms with E-state index in [-0.39, 0.29) is 29.1 Å². The van der Waals surface area contributed by atoms with E-state index >= 15 is 0 Å². The van der Waals surface area contributed by atoms with Crippen molar-refractivity contribution in [3.8, 4) is 11.3 Å². The third-order valence-electron chi connectivity index (χ3n) is 9.20. The molecule has 4 fully saturated rings. The average molecular weight is 594 g/mol. The molecule has 6 N–H and O–H groups in total. The maximum absolute atomic E-state index is 13.5. The van der Waals surface area contributed by atoms with E-state index in [2.05, 4.69) is 36.4 Å². The van der Waals surface area contributed by atoms with Crippen molar-refractivity contribution in [3.05, 3.63) is 42.2 Å². The predicted octanol–water partition coefficient (Wildman–Crippen LogP) is 4.71. The minimum absolute atomic E-state index is 0.0110. The second-order valence-electron chi connectivity index (χ2n) is 13.7. The summed E-state index contributed by atoms with van der Waals surface area (Å²) in [4.78, 5) is 29.8. The molecule has 11 nitrogen and oxygen atoms in total. The molecule has 232 valence electrons. The molecule has 12 heteroatoms. The Hall–Kier alpha value is -3.51. The van der Waals surface area contributed by atoms with Crippen LogP contribution in [0.15, 0.2) is 45.8 Å². The lowest BCUT2D eigenvalue weighted by Crippen LogP contribution is -2.65. The number of carbonyl (C=O) groups excluding carboxylic acids is 2. The Morgan fingerprint density at radius 3 is 2.63 bits per heavy atom. The van der Waals surface area contributed by atoms with Crippen LogP contribution in [0, 0.1) is 17.3 Å². The van der Waals surface area contributed by atoms with Crippen LogP contribution < -0.4 is 22.1 Å².